The fourth-order valence-corrected chi connectivity index (χ4v) is 4.26. The molecule has 3 rings (SSSR count). The summed E-state index contributed by atoms with van der Waals surface area (Å²) >= 11 is 0. The van der Waals surface area contributed by atoms with Crippen molar-refractivity contribution in [1.29, 1.82) is 0 Å². The van der Waals surface area contributed by atoms with Gasteiger partial charge in [-0.3, -0.25) is 0 Å². The van der Waals surface area contributed by atoms with Gasteiger partial charge >= 0.3 is 20.8 Å². The highest BCUT2D eigenvalue weighted by molar-refractivity contribution is 7.95. The van der Waals surface area contributed by atoms with Crippen molar-refractivity contribution in [1.82, 2.24) is 0 Å². The first-order valence-corrected chi connectivity index (χ1v) is 9.00. The summed E-state index contributed by atoms with van der Waals surface area (Å²) < 4.78 is 60.5. The van der Waals surface area contributed by atoms with Crippen LogP contribution in [0.15, 0.2) is 48.5 Å². The Kier molecular flexibility index (Phi) is 3.77. The summed E-state index contributed by atoms with van der Waals surface area (Å²) in [5, 5.41) is 18.8. The Hall–Kier alpha value is -2.18. The van der Waals surface area contributed by atoms with Crippen molar-refractivity contribution in [3.05, 3.63) is 59.7 Å². The molecule has 128 valence electrons. The highest BCUT2D eigenvalue weighted by Gasteiger charge is 2.52. The third-order valence-electron chi connectivity index (χ3n) is 3.10. The van der Waals surface area contributed by atoms with E-state index in [9.17, 15) is 27.0 Å². The van der Waals surface area contributed by atoms with Gasteiger partial charge in [-0.15, -0.1) is 3.63 Å². The number of hydrogen-bond acceptors (Lipinski definition) is 9. The predicted octanol–water partition coefficient (Wildman–Crippen LogP) is 0.852. The molecule has 0 saturated carbocycles. The predicted molar refractivity (Wildman–Crippen MR) is 78.1 cm³/mol. The van der Waals surface area contributed by atoms with E-state index in [0.717, 1.165) is 0 Å². The van der Waals surface area contributed by atoms with Gasteiger partial charge in [-0.25, -0.2) is 8.37 Å². The number of benzene rings is 2. The molecule has 0 amide bonds. The van der Waals surface area contributed by atoms with E-state index in [4.69, 9.17) is 8.37 Å². The molecule has 0 atom stereocenters. The molecular formula is C13H10O9S2. The van der Waals surface area contributed by atoms with Gasteiger partial charge in [-0.1, -0.05) is 0 Å². The van der Waals surface area contributed by atoms with Crippen LogP contribution < -0.4 is 0 Å². The van der Waals surface area contributed by atoms with E-state index >= 15 is 0 Å². The average Bonchev–Trinajstić information content (AvgIpc) is 2.45. The standard InChI is InChI=1S/C13H10O9S2/c14-11-5-1-9(2-6-11)13(10-3-7-12(15)8-4-10)20-23(16,17)22-24(18,19)21-13/h1-8,14-15H. The summed E-state index contributed by atoms with van der Waals surface area (Å²) in [6, 6.07) is 9.66. The van der Waals surface area contributed by atoms with Gasteiger partial charge in [0, 0.05) is 11.1 Å². The first kappa shape index (κ1) is 16.7. The third-order valence-corrected chi connectivity index (χ3v) is 5.31. The second-order valence-electron chi connectivity index (χ2n) is 4.76. The van der Waals surface area contributed by atoms with Crippen LogP contribution in [0.5, 0.6) is 11.5 Å². The zero-order chi connectivity index (χ0) is 17.6. The summed E-state index contributed by atoms with van der Waals surface area (Å²) in [5.74, 6) is -2.69. The van der Waals surface area contributed by atoms with Gasteiger partial charge in [-0.2, -0.15) is 16.8 Å². The molecule has 0 aliphatic carbocycles. The van der Waals surface area contributed by atoms with Crippen molar-refractivity contribution in [3.63, 3.8) is 0 Å². The largest absolute Gasteiger partial charge is 0.508 e. The van der Waals surface area contributed by atoms with E-state index in [1.807, 2.05) is 0 Å². The first-order chi connectivity index (χ1) is 11.1. The lowest BCUT2D eigenvalue weighted by Crippen LogP contribution is -2.44. The lowest BCUT2D eigenvalue weighted by Gasteiger charge is -2.34. The quantitative estimate of drug-likeness (QED) is 0.784. The maximum Gasteiger partial charge on any atom is 0.419 e. The fourth-order valence-electron chi connectivity index (χ4n) is 2.15. The summed E-state index contributed by atoms with van der Waals surface area (Å²) in [7, 11) is -9.90. The zero-order valence-electron chi connectivity index (χ0n) is 11.7. The maximum absolute atomic E-state index is 11.8. The number of hydrogen-bond donors (Lipinski definition) is 2. The smallest absolute Gasteiger partial charge is 0.419 e. The molecule has 24 heavy (non-hydrogen) atoms. The number of phenols is 2. The normalized spacial score (nSPS) is 21.2. The maximum atomic E-state index is 11.8. The van der Waals surface area contributed by atoms with Crippen molar-refractivity contribution in [2.75, 3.05) is 0 Å². The van der Waals surface area contributed by atoms with Gasteiger partial charge in [0.1, 0.15) is 11.5 Å². The Labute approximate surface area is 137 Å². The molecule has 2 N–H and O–H groups in total. The minimum absolute atomic E-state index is 0.0403. The lowest BCUT2D eigenvalue weighted by molar-refractivity contribution is -0.101. The van der Waals surface area contributed by atoms with Crippen LogP contribution in [-0.4, -0.2) is 27.0 Å². The van der Waals surface area contributed by atoms with E-state index in [0.29, 0.717) is 0 Å². The van der Waals surface area contributed by atoms with Crippen molar-refractivity contribution in [3.8, 4) is 11.5 Å². The minimum Gasteiger partial charge on any atom is -0.508 e. The molecule has 1 aliphatic heterocycles. The van der Waals surface area contributed by atoms with Gasteiger partial charge < -0.3 is 10.2 Å². The average molecular weight is 374 g/mol. The van der Waals surface area contributed by atoms with E-state index in [2.05, 4.69) is 3.63 Å². The lowest BCUT2D eigenvalue weighted by atomic mass is 9.97. The van der Waals surface area contributed by atoms with Crippen LogP contribution in [0.4, 0.5) is 0 Å². The molecule has 0 bridgehead atoms. The summed E-state index contributed by atoms with van der Waals surface area (Å²) in [4.78, 5) is 0. The Balaban J connectivity index is 2.28. The molecule has 9 nitrogen and oxygen atoms in total. The first-order valence-electron chi connectivity index (χ1n) is 6.33. The second-order valence-corrected chi connectivity index (χ2v) is 7.27. The van der Waals surface area contributed by atoms with Crippen LogP contribution in [0.1, 0.15) is 11.1 Å². The number of phenolic OH excluding ortho intramolecular Hbond substituents is 2. The molecule has 2 aromatic rings. The van der Waals surface area contributed by atoms with Crippen LogP contribution >= 0.6 is 0 Å². The second kappa shape index (κ2) is 5.43. The monoisotopic (exact) mass is 374 g/mol. The molecule has 2 aromatic carbocycles. The number of rotatable bonds is 2. The van der Waals surface area contributed by atoms with Gasteiger partial charge in [0.15, 0.2) is 0 Å². The van der Waals surface area contributed by atoms with Crippen LogP contribution in [0, 0.1) is 0 Å². The Morgan fingerprint density at radius 3 is 1.33 bits per heavy atom. The molecule has 1 fully saturated rings. The van der Waals surface area contributed by atoms with Crippen LogP contribution in [0.3, 0.4) is 0 Å². The fraction of sp³-hybridized carbons (Fsp3) is 0.0769. The van der Waals surface area contributed by atoms with Crippen LogP contribution in [0.25, 0.3) is 0 Å². The van der Waals surface area contributed by atoms with Crippen molar-refractivity contribution >= 4 is 20.8 Å². The topological polar surface area (TPSA) is 136 Å². The van der Waals surface area contributed by atoms with E-state index in [1.54, 1.807) is 0 Å². The molecule has 0 radical (unpaired) electrons. The van der Waals surface area contributed by atoms with Gasteiger partial charge in [0.25, 0.3) is 5.79 Å². The zero-order valence-corrected chi connectivity index (χ0v) is 13.3. The summed E-state index contributed by atoms with van der Waals surface area (Å²) in [5.41, 5.74) is -0.0807. The third kappa shape index (κ3) is 3.07. The molecular weight excluding hydrogens is 364 g/mol. The van der Waals surface area contributed by atoms with Crippen LogP contribution in [-0.2, 0) is 38.6 Å². The highest BCUT2D eigenvalue weighted by atomic mass is 32.3. The molecule has 0 unspecified atom stereocenters. The van der Waals surface area contributed by atoms with Crippen molar-refractivity contribution in [2.24, 2.45) is 0 Å². The SMILES string of the molecule is O=S1(=O)OC(c2ccc(O)cc2)(c2ccc(O)cc2)OS(=O)(=O)O1. The van der Waals surface area contributed by atoms with Crippen LogP contribution in [0.2, 0.25) is 0 Å². The molecule has 1 saturated heterocycles. The number of aromatic hydroxyl groups is 2. The van der Waals surface area contributed by atoms with Gasteiger partial charge in [0.2, 0.25) is 0 Å². The Bertz CT molecular complexity index is 880. The molecule has 1 aliphatic rings. The molecule has 0 aromatic heterocycles. The summed E-state index contributed by atoms with van der Waals surface area (Å²) in [6.45, 7) is 0. The molecule has 1 heterocycles. The van der Waals surface area contributed by atoms with E-state index < -0.39 is 26.6 Å². The van der Waals surface area contributed by atoms with Gasteiger partial charge in [0.05, 0.1) is 0 Å². The Morgan fingerprint density at radius 2 is 1.00 bits per heavy atom. The van der Waals surface area contributed by atoms with Crippen molar-refractivity contribution in [2.45, 2.75) is 5.79 Å². The minimum atomic E-state index is -4.95. The highest BCUT2D eigenvalue weighted by Crippen LogP contribution is 2.42. The Morgan fingerprint density at radius 1 is 0.667 bits per heavy atom. The van der Waals surface area contributed by atoms with E-state index in [1.165, 1.54) is 48.5 Å². The molecule has 11 heteroatoms. The van der Waals surface area contributed by atoms with Crippen molar-refractivity contribution < 1.29 is 39.0 Å². The summed E-state index contributed by atoms with van der Waals surface area (Å²) in [6.07, 6.45) is 0. The van der Waals surface area contributed by atoms with Gasteiger partial charge in [-0.05, 0) is 48.5 Å². The molecule has 0 spiro atoms. The van der Waals surface area contributed by atoms with E-state index in [-0.39, 0.29) is 22.6 Å².